The van der Waals surface area contributed by atoms with Gasteiger partial charge in [0.05, 0.1) is 4.92 Å². The molecule has 1 atom stereocenters. The lowest BCUT2D eigenvalue weighted by atomic mass is 10.1. The van der Waals surface area contributed by atoms with Crippen molar-refractivity contribution in [3.05, 3.63) is 33.9 Å². The van der Waals surface area contributed by atoms with Crippen molar-refractivity contribution in [1.29, 1.82) is 0 Å². The van der Waals surface area contributed by atoms with Gasteiger partial charge in [0.1, 0.15) is 0 Å². The molecule has 6 nitrogen and oxygen atoms in total. The molecule has 0 bridgehead atoms. The number of rotatable bonds is 5. The minimum Gasteiger partial charge on any atom is -0.326 e. The van der Waals surface area contributed by atoms with Crippen LogP contribution >= 0.6 is 0 Å². The SMILES string of the molecule is CCc1ccc(NC(=O)CC2CCCN2)cc1[N+](=O)[O-]. The van der Waals surface area contributed by atoms with Crippen molar-refractivity contribution < 1.29 is 9.72 Å². The van der Waals surface area contributed by atoms with Crippen LogP contribution in [0.25, 0.3) is 0 Å². The third-order valence-electron chi connectivity index (χ3n) is 3.54. The Balaban J connectivity index is 2.03. The lowest BCUT2D eigenvalue weighted by Gasteiger charge is -2.11. The fourth-order valence-corrected chi connectivity index (χ4v) is 2.48. The molecule has 1 saturated heterocycles. The number of carbonyl (C=O) groups excluding carboxylic acids is 1. The highest BCUT2D eigenvalue weighted by Gasteiger charge is 2.19. The second-order valence-corrected chi connectivity index (χ2v) is 5.00. The first-order chi connectivity index (χ1) is 9.60. The van der Waals surface area contributed by atoms with Crippen molar-refractivity contribution in [1.82, 2.24) is 5.32 Å². The molecule has 108 valence electrons. The fourth-order valence-electron chi connectivity index (χ4n) is 2.48. The summed E-state index contributed by atoms with van der Waals surface area (Å²) in [5, 5.41) is 17.0. The minimum absolute atomic E-state index is 0.0595. The van der Waals surface area contributed by atoms with E-state index in [0.717, 1.165) is 19.4 Å². The van der Waals surface area contributed by atoms with Gasteiger partial charge < -0.3 is 10.6 Å². The maximum Gasteiger partial charge on any atom is 0.274 e. The van der Waals surface area contributed by atoms with E-state index < -0.39 is 4.92 Å². The highest BCUT2D eigenvalue weighted by Crippen LogP contribution is 2.24. The van der Waals surface area contributed by atoms with Crippen LogP contribution in [0.1, 0.15) is 31.7 Å². The molecule has 1 unspecified atom stereocenters. The van der Waals surface area contributed by atoms with Gasteiger partial charge in [0.25, 0.3) is 5.69 Å². The molecule has 2 N–H and O–H groups in total. The molecule has 1 aromatic rings. The highest BCUT2D eigenvalue weighted by molar-refractivity contribution is 5.91. The molecule has 1 aliphatic rings. The Kier molecular flexibility index (Phi) is 4.68. The summed E-state index contributed by atoms with van der Waals surface area (Å²) < 4.78 is 0. The third kappa shape index (κ3) is 3.54. The number of nitrogens with zero attached hydrogens (tertiary/aromatic N) is 1. The van der Waals surface area contributed by atoms with E-state index in [2.05, 4.69) is 10.6 Å². The number of hydrogen-bond acceptors (Lipinski definition) is 4. The van der Waals surface area contributed by atoms with Crippen molar-refractivity contribution in [3.63, 3.8) is 0 Å². The summed E-state index contributed by atoms with van der Waals surface area (Å²) >= 11 is 0. The predicted octanol–water partition coefficient (Wildman–Crippen LogP) is 2.24. The van der Waals surface area contributed by atoms with E-state index in [0.29, 0.717) is 24.1 Å². The normalized spacial score (nSPS) is 17.9. The average Bonchev–Trinajstić information content (AvgIpc) is 2.91. The Morgan fingerprint density at radius 3 is 2.95 bits per heavy atom. The molecular formula is C14H19N3O3. The Morgan fingerprint density at radius 1 is 1.55 bits per heavy atom. The number of nitro groups is 1. The summed E-state index contributed by atoms with van der Waals surface area (Å²) in [6.07, 6.45) is 3.09. The van der Waals surface area contributed by atoms with Gasteiger partial charge in [-0.1, -0.05) is 13.0 Å². The standard InChI is InChI=1S/C14H19N3O3/c1-2-10-5-6-12(8-13(10)17(19)20)16-14(18)9-11-4-3-7-15-11/h5-6,8,11,15H,2-4,7,9H2,1H3,(H,16,18). The molecule has 1 fully saturated rings. The van der Waals surface area contributed by atoms with Gasteiger partial charge in [-0.15, -0.1) is 0 Å². The second-order valence-electron chi connectivity index (χ2n) is 5.00. The fraction of sp³-hybridized carbons (Fsp3) is 0.500. The van der Waals surface area contributed by atoms with Crippen molar-refractivity contribution in [2.75, 3.05) is 11.9 Å². The first-order valence-electron chi connectivity index (χ1n) is 6.90. The number of nitrogens with one attached hydrogen (secondary N) is 2. The summed E-state index contributed by atoms with van der Waals surface area (Å²) in [6.45, 7) is 2.82. The summed E-state index contributed by atoms with van der Waals surface area (Å²) in [6, 6.07) is 5.06. The van der Waals surface area contributed by atoms with Crippen molar-refractivity contribution >= 4 is 17.3 Å². The van der Waals surface area contributed by atoms with Gasteiger partial charge in [-0.2, -0.15) is 0 Å². The van der Waals surface area contributed by atoms with Gasteiger partial charge in [0.15, 0.2) is 0 Å². The zero-order chi connectivity index (χ0) is 14.5. The van der Waals surface area contributed by atoms with Crippen LogP contribution in [0, 0.1) is 10.1 Å². The number of carbonyl (C=O) groups is 1. The van der Waals surface area contributed by atoms with E-state index in [4.69, 9.17) is 0 Å². The minimum atomic E-state index is -0.410. The van der Waals surface area contributed by atoms with E-state index in [1.165, 1.54) is 6.07 Å². The van der Waals surface area contributed by atoms with Gasteiger partial charge in [-0.25, -0.2) is 0 Å². The lowest BCUT2D eigenvalue weighted by molar-refractivity contribution is -0.385. The van der Waals surface area contributed by atoms with E-state index in [1.54, 1.807) is 12.1 Å². The molecule has 20 heavy (non-hydrogen) atoms. The maximum atomic E-state index is 11.9. The van der Waals surface area contributed by atoms with Crippen LogP contribution in [0.5, 0.6) is 0 Å². The summed E-state index contributed by atoms with van der Waals surface area (Å²) in [7, 11) is 0. The molecule has 0 aliphatic carbocycles. The van der Waals surface area contributed by atoms with Crippen LogP contribution in [-0.4, -0.2) is 23.4 Å². The van der Waals surface area contributed by atoms with E-state index >= 15 is 0 Å². The summed E-state index contributed by atoms with van der Waals surface area (Å²) in [5.74, 6) is -0.108. The summed E-state index contributed by atoms with van der Waals surface area (Å²) in [5.41, 5.74) is 1.21. The molecule has 1 heterocycles. The molecule has 0 spiro atoms. The van der Waals surface area contributed by atoms with Crippen molar-refractivity contribution in [2.24, 2.45) is 0 Å². The van der Waals surface area contributed by atoms with Crippen LogP contribution in [-0.2, 0) is 11.2 Å². The maximum absolute atomic E-state index is 11.9. The molecule has 1 amide bonds. The van der Waals surface area contributed by atoms with E-state index in [9.17, 15) is 14.9 Å². The van der Waals surface area contributed by atoms with Gasteiger partial charge >= 0.3 is 0 Å². The topological polar surface area (TPSA) is 84.3 Å². The Bertz CT molecular complexity index is 510. The quantitative estimate of drug-likeness (QED) is 0.638. The average molecular weight is 277 g/mol. The Labute approximate surface area is 117 Å². The predicted molar refractivity (Wildman–Crippen MR) is 76.7 cm³/mol. The van der Waals surface area contributed by atoms with Crippen LogP contribution in [0.4, 0.5) is 11.4 Å². The second kappa shape index (κ2) is 6.47. The van der Waals surface area contributed by atoms with Crippen LogP contribution in [0.2, 0.25) is 0 Å². The molecule has 2 rings (SSSR count). The van der Waals surface area contributed by atoms with Crippen LogP contribution in [0.15, 0.2) is 18.2 Å². The Hall–Kier alpha value is -1.95. The number of benzene rings is 1. The third-order valence-corrected chi connectivity index (χ3v) is 3.54. The molecule has 0 radical (unpaired) electrons. The van der Waals surface area contributed by atoms with E-state index in [1.807, 2.05) is 6.92 Å². The molecular weight excluding hydrogens is 258 g/mol. The zero-order valence-electron chi connectivity index (χ0n) is 11.5. The lowest BCUT2D eigenvalue weighted by Crippen LogP contribution is -2.27. The molecule has 1 aromatic carbocycles. The first-order valence-corrected chi connectivity index (χ1v) is 6.90. The monoisotopic (exact) mass is 277 g/mol. The first kappa shape index (κ1) is 14.5. The van der Waals surface area contributed by atoms with E-state index in [-0.39, 0.29) is 17.6 Å². The van der Waals surface area contributed by atoms with Crippen molar-refractivity contribution in [3.8, 4) is 0 Å². The van der Waals surface area contributed by atoms with Gasteiger partial charge in [-0.3, -0.25) is 14.9 Å². The van der Waals surface area contributed by atoms with Gasteiger partial charge in [-0.05, 0) is 31.9 Å². The highest BCUT2D eigenvalue weighted by atomic mass is 16.6. The molecule has 1 aliphatic heterocycles. The number of aryl methyl sites for hydroxylation is 1. The van der Waals surface area contributed by atoms with Crippen LogP contribution in [0.3, 0.4) is 0 Å². The number of hydrogen-bond donors (Lipinski definition) is 2. The largest absolute Gasteiger partial charge is 0.326 e. The smallest absolute Gasteiger partial charge is 0.274 e. The number of nitro benzene ring substituents is 1. The van der Waals surface area contributed by atoms with Crippen LogP contribution < -0.4 is 10.6 Å². The van der Waals surface area contributed by atoms with Gasteiger partial charge in [0, 0.05) is 29.8 Å². The van der Waals surface area contributed by atoms with Gasteiger partial charge in [0.2, 0.25) is 5.91 Å². The molecule has 6 heteroatoms. The summed E-state index contributed by atoms with van der Waals surface area (Å²) in [4.78, 5) is 22.5. The molecule has 0 saturated carbocycles. The zero-order valence-corrected chi connectivity index (χ0v) is 11.5. The number of anilines is 1. The van der Waals surface area contributed by atoms with Crippen molar-refractivity contribution in [2.45, 2.75) is 38.6 Å². The Morgan fingerprint density at radius 2 is 2.35 bits per heavy atom. The molecule has 0 aromatic heterocycles. The number of amides is 1.